The van der Waals surface area contributed by atoms with Crippen LogP contribution in [0, 0.1) is 5.92 Å². The quantitative estimate of drug-likeness (QED) is 0.191. The minimum Gasteiger partial charge on any atom is -0.372 e. The molecule has 5 rings (SSSR count). The van der Waals surface area contributed by atoms with E-state index < -0.39 is 0 Å². The summed E-state index contributed by atoms with van der Waals surface area (Å²) >= 11 is 0. The Bertz CT molecular complexity index is 1380. The number of rotatable bonds is 10. The van der Waals surface area contributed by atoms with Crippen LogP contribution in [0.2, 0.25) is 0 Å². The Morgan fingerprint density at radius 1 is 0.923 bits per heavy atom. The number of anilines is 1. The van der Waals surface area contributed by atoms with Gasteiger partial charge in [-0.25, -0.2) is 0 Å². The van der Waals surface area contributed by atoms with Crippen LogP contribution in [0.1, 0.15) is 84.3 Å². The van der Waals surface area contributed by atoms with Crippen molar-refractivity contribution in [2.24, 2.45) is 5.92 Å². The zero-order valence-electron chi connectivity index (χ0n) is 24.8. The van der Waals surface area contributed by atoms with E-state index in [1.54, 1.807) is 0 Å². The highest BCUT2D eigenvalue weighted by atomic mass is 15.1. The summed E-state index contributed by atoms with van der Waals surface area (Å²) in [5.41, 5.74) is 8.22. The van der Waals surface area contributed by atoms with Crippen molar-refractivity contribution in [2.75, 3.05) is 24.5 Å². The van der Waals surface area contributed by atoms with E-state index in [9.17, 15) is 0 Å². The molecule has 1 aliphatic heterocycles. The Morgan fingerprint density at radius 3 is 2.33 bits per heavy atom. The number of hydrogen-bond donors (Lipinski definition) is 0. The Hall–Kier alpha value is -3.13. The molecule has 2 aliphatic rings. The molecule has 3 aromatic carbocycles. The summed E-state index contributed by atoms with van der Waals surface area (Å²) < 4.78 is 2.68. The molecule has 0 spiro atoms. The normalized spacial score (nSPS) is 19.3. The van der Waals surface area contributed by atoms with Gasteiger partial charge in [0.1, 0.15) is 6.54 Å². The summed E-state index contributed by atoms with van der Waals surface area (Å²) in [4.78, 5) is 2.40. The van der Waals surface area contributed by atoms with Gasteiger partial charge in [0.25, 0.3) is 0 Å². The number of benzene rings is 3. The van der Waals surface area contributed by atoms with Crippen LogP contribution >= 0.6 is 0 Å². The average Bonchev–Trinajstić information content (AvgIpc) is 3.56. The highest BCUT2D eigenvalue weighted by molar-refractivity contribution is 6.09. The summed E-state index contributed by atoms with van der Waals surface area (Å²) in [7, 11) is 0. The molecular formula is C37H47N2+. The smallest absolute Gasteiger partial charge is 0.210 e. The molecule has 2 nitrogen and oxygen atoms in total. The minimum absolute atomic E-state index is 0.0825. The fourth-order valence-electron chi connectivity index (χ4n) is 6.92. The van der Waals surface area contributed by atoms with Crippen LogP contribution in [-0.4, -0.2) is 29.9 Å². The van der Waals surface area contributed by atoms with Gasteiger partial charge in [0.05, 0.1) is 5.41 Å². The minimum atomic E-state index is -0.0825. The maximum atomic E-state index is 2.68. The first-order valence-electron chi connectivity index (χ1n) is 15.3. The second kappa shape index (κ2) is 11.9. The van der Waals surface area contributed by atoms with Crippen LogP contribution in [0.15, 0.2) is 78.4 Å². The first kappa shape index (κ1) is 27.4. The molecule has 0 aromatic heterocycles. The molecule has 1 atom stereocenters. The second-order valence-corrected chi connectivity index (χ2v) is 12.1. The third-order valence-electron chi connectivity index (χ3n) is 9.22. The lowest BCUT2D eigenvalue weighted by Gasteiger charge is -2.23. The lowest BCUT2D eigenvalue weighted by Crippen LogP contribution is -2.31. The molecule has 0 radical (unpaired) electrons. The number of hydrogen-bond acceptors (Lipinski definition) is 1. The van der Waals surface area contributed by atoms with E-state index in [1.165, 1.54) is 76.7 Å². The molecule has 0 N–H and O–H groups in total. The Balaban J connectivity index is 1.60. The van der Waals surface area contributed by atoms with E-state index in [2.05, 4.69) is 123 Å². The third kappa shape index (κ3) is 5.62. The van der Waals surface area contributed by atoms with Crippen molar-refractivity contribution in [3.05, 3.63) is 89.5 Å². The number of fused-ring (bicyclic) bond motifs is 3. The van der Waals surface area contributed by atoms with E-state index in [1.807, 2.05) is 0 Å². The van der Waals surface area contributed by atoms with E-state index >= 15 is 0 Å². The lowest BCUT2D eigenvalue weighted by atomic mass is 9.74. The summed E-state index contributed by atoms with van der Waals surface area (Å²) in [5.74, 6) is 0.872. The van der Waals surface area contributed by atoms with Crippen LogP contribution in [0.25, 0.3) is 16.8 Å². The molecule has 204 valence electrons. The zero-order valence-corrected chi connectivity index (χ0v) is 24.8. The predicted octanol–water partition coefficient (Wildman–Crippen LogP) is 9.69. The van der Waals surface area contributed by atoms with Crippen molar-refractivity contribution in [2.45, 2.75) is 78.6 Å². The van der Waals surface area contributed by atoms with Gasteiger partial charge >= 0.3 is 0 Å². The van der Waals surface area contributed by atoms with Crippen LogP contribution in [0.4, 0.5) is 11.4 Å². The molecule has 39 heavy (non-hydrogen) atoms. The molecule has 1 saturated carbocycles. The number of nitrogens with zero attached hydrogens (tertiary/aromatic N) is 2. The molecule has 1 aliphatic carbocycles. The summed E-state index contributed by atoms with van der Waals surface area (Å²) in [6.45, 7) is 14.6. The third-order valence-corrected chi connectivity index (χ3v) is 9.22. The molecule has 0 amide bonds. The summed E-state index contributed by atoms with van der Waals surface area (Å²) in [6, 6.07) is 22.8. The van der Waals surface area contributed by atoms with Crippen molar-refractivity contribution in [3.63, 3.8) is 0 Å². The highest BCUT2D eigenvalue weighted by Crippen LogP contribution is 2.47. The molecule has 1 heterocycles. The first-order valence-corrected chi connectivity index (χ1v) is 15.3. The van der Waals surface area contributed by atoms with Crippen molar-refractivity contribution in [1.82, 2.24) is 0 Å². The second-order valence-electron chi connectivity index (χ2n) is 12.1. The van der Waals surface area contributed by atoms with Gasteiger partial charge in [0.2, 0.25) is 5.69 Å². The topological polar surface area (TPSA) is 6.25 Å². The monoisotopic (exact) mass is 519 g/mol. The Kier molecular flexibility index (Phi) is 8.40. The molecule has 1 fully saturated rings. The lowest BCUT2D eigenvalue weighted by molar-refractivity contribution is -0.439. The zero-order chi connectivity index (χ0) is 27.4. The molecule has 3 aromatic rings. The van der Waals surface area contributed by atoms with Crippen molar-refractivity contribution in [3.8, 4) is 0 Å². The highest BCUT2D eigenvalue weighted by Gasteiger charge is 2.48. The van der Waals surface area contributed by atoms with Gasteiger partial charge in [0, 0.05) is 42.9 Å². The Morgan fingerprint density at radius 2 is 1.64 bits per heavy atom. The summed E-state index contributed by atoms with van der Waals surface area (Å²) in [5, 5.41) is 2.74. The predicted molar refractivity (Wildman–Crippen MR) is 171 cm³/mol. The fraction of sp³-hybridized carbons (Fsp3) is 0.432. The van der Waals surface area contributed by atoms with Crippen molar-refractivity contribution in [1.29, 1.82) is 0 Å². The Labute approximate surface area is 236 Å². The molecular weight excluding hydrogens is 472 g/mol. The maximum Gasteiger partial charge on any atom is 0.210 e. The maximum absolute atomic E-state index is 2.68. The molecule has 0 bridgehead atoms. The van der Waals surface area contributed by atoms with Gasteiger partial charge in [-0.2, -0.15) is 4.58 Å². The first-order chi connectivity index (χ1) is 18.9. The van der Waals surface area contributed by atoms with Gasteiger partial charge in [-0.05, 0) is 87.6 Å². The van der Waals surface area contributed by atoms with E-state index in [4.69, 9.17) is 0 Å². The van der Waals surface area contributed by atoms with E-state index in [-0.39, 0.29) is 5.41 Å². The van der Waals surface area contributed by atoms with Crippen LogP contribution in [-0.2, 0) is 5.41 Å². The van der Waals surface area contributed by atoms with E-state index in [0.29, 0.717) is 0 Å². The van der Waals surface area contributed by atoms with Gasteiger partial charge in [-0.3, -0.25) is 0 Å². The van der Waals surface area contributed by atoms with Crippen molar-refractivity contribution >= 4 is 33.9 Å². The van der Waals surface area contributed by atoms with Crippen LogP contribution in [0.3, 0.4) is 0 Å². The molecule has 0 saturated heterocycles. The van der Waals surface area contributed by atoms with Gasteiger partial charge in [-0.15, -0.1) is 0 Å². The standard InChI is InChI=1S/C37H47N2/c1-6-38(7-2)32-20-16-30(17-21-32)18-23-35-37(5,26-24-28(3)4)36-33-15-11-10-14-31(33)19-22-34(36)39(35)27-25-29-12-8-9-13-29/h10-11,14-24,29H,6-9,12-13,25-27H2,1-5H3/q+1. The molecule has 1 unspecified atom stereocenters. The van der Waals surface area contributed by atoms with Gasteiger partial charge in [0.15, 0.2) is 5.71 Å². The number of allylic oxidation sites excluding steroid dienone is 3. The largest absolute Gasteiger partial charge is 0.372 e. The van der Waals surface area contributed by atoms with Crippen LogP contribution in [0.5, 0.6) is 0 Å². The van der Waals surface area contributed by atoms with Gasteiger partial charge < -0.3 is 4.90 Å². The van der Waals surface area contributed by atoms with Crippen molar-refractivity contribution < 1.29 is 4.58 Å². The summed E-state index contributed by atoms with van der Waals surface area (Å²) in [6.07, 6.45) is 15.1. The SMILES string of the molecule is CCN(CC)c1ccc(C=CC2=[N+](CCC3CCCC3)c3ccc4ccccc4c3C2(C)CC=C(C)C)cc1. The average molecular weight is 520 g/mol. The van der Waals surface area contributed by atoms with E-state index in [0.717, 1.165) is 32.0 Å². The van der Waals surface area contributed by atoms with Gasteiger partial charge in [-0.1, -0.05) is 73.7 Å². The van der Waals surface area contributed by atoms with Crippen LogP contribution < -0.4 is 4.90 Å². The molecule has 2 heteroatoms. The fourth-order valence-corrected chi connectivity index (χ4v) is 6.92.